The number of hydrogen-bond acceptors (Lipinski definition) is 3. The van der Waals surface area contributed by atoms with E-state index in [9.17, 15) is 4.79 Å². The molecule has 3 nitrogen and oxygen atoms in total. The first-order chi connectivity index (χ1) is 11.5. The topological polar surface area (TPSA) is 52.3 Å². The Hall–Kier alpha value is -2.52. The average molecular weight is 340 g/mol. The van der Waals surface area contributed by atoms with Crippen LogP contribution >= 0.6 is 11.6 Å². The molecule has 0 spiro atoms. The van der Waals surface area contributed by atoms with E-state index in [-0.39, 0.29) is 5.78 Å². The van der Waals surface area contributed by atoms with Crippen molar-refractivity contribution in [3.05, 3.63) is 83.6 Å². The highest BCUT2D eigenvalue weighted by Crippen LogP contribution is 2.40. The molecule has 122 valence electrons. The molecule has 0 saturated carbocycles. The fourth-order valence-corrected chi connectivity index (χ4v) is 3.12. The number of alkyl halides is 1. The molecule has 2 aromatic rings. The molecule has 4 heteroatoms. The van der Waals surface area contributed by atoms with Crippen molar-refractivity contribution in [2.24, 2.45) is 0 Å². The van der Waals surface area contributed by atoms with Crippen LogP contribution in [0.2, 0.25) is 0 Å². The van der Waals surface area contributed by atoms with Crippen LogP contribution in [0.4, 0.5) is 5.69 Å². The van der Waals surface area contributed by atoms with Gasteiger partial charge in [-0.25, -0.2) is 0 Å². The van der Waals surface area contributed by atoms with Crippen molar-refractivity contribution in [1.29, 1.82) is 0 Å². The highest BCUT2D eigenvalue weighted by molar-refractivity contribution is 6.40. The maximum Gasteiger partial charge on any atom is 0.187 e. The highest BCUT2D eigenvalue weighted by Gasteiger charge is 2.38. The third-order valence-corrected chi connectivity index (χ3v) is 4.55. The number of methoxy groups -OCH3 is 1. The molecule has 0 aromatic heterocycles. The summed E-state index contributed by atoms with van der Waals surface area (Å²) in [6.45, 7) is 0. The number of carbonyl (C=O) groups is 1. The molecule has 1 unspecified atom stereocenters. The van der Waals surface area contributed by atoms with Crippen LogP contribution in [0.5, 0.6) is 0 Å². The Morgan fingerprint density at radius 3 is 2.42 bits per heavy atom. The minimum atomic E-state index is -1.14. The van der Waals surface area contributed by atoms with Gasteiger partial charge in [-0.05, 0) is 35.9 Å². The third kappa shape index (κ3) is 3.08. The fraction of sp³-hybridized carbons (Fsp3) is 0.150. The van der Waals surface area contributed by atoms with Gasteiger partial charge in [0.1, 0.15) is 10.6 Å². The minimum absolute atomic E-state index is 0.149. The van der Waals surface area contributed by atoms with Crippen molar-refractivity contribution in [3.8, 4) is 0 Å². The molecular formula is C20H18ClNO2. The van der Waals surface area contributed by atoms with E-state index in [4.69, 9.17) is 22.1 Å². The summed E-state index contributed by atoms with van der Waals surface area (Å²) in [5.41, 5.74) is 8.75. The number of Topliss-reactive ketones (excluding diaryl/α,β-unsaturated/α-hetero) is 1. The van der Waals surface area contributed by atoms with Crippen molar-refractivity contribution in [3.63, 3.8) is 0 Å². The lowest BCUT2D eigenvalue weighted by atomic mass is 9.83. The van der Waals surface area contributed by atoms with Crippen molar-refractivity contribution in [2.75, 3.05) is 12.8 Å². The predicted octanol–water partition coefficient (Wildman–Crippen LogP) is 4.45. The normalized spacial score (nSPS) is 20.1. The minimum Gasteiger partial charge on any atom is -0.496 e. The Balaban J connectivity index is 1.96. The Morgan fingerprint density at radius 2 is 1.79 bits per heavy atom. The second kappa shape index (κ2) is 6.54. The van der Waals surface area contributed by atoms with Crippen LogP contribution < -0.4 is 5.73 Å². The summed E-state index contributed by atoms with van der Waals surface area (Å²) in [5, 5.41) is 0. The number of ether oxygens (including phenoxy) is 1. The zero-order chi connectivity index (χ0) is 17.2. The molecule has 1 aliphatic rings. The van der Waals surface area contributed by atoms with Crippen LogP contribution in [-0.4, -0.2) is 17.8 Å². The van der Waals surface area contributed by atoms with Gasteiger partial charge < -0.3 is 10.5 Å². The number of allylic oxidation sites excluding steroid dienone is 3. The second-order valence-corrected chi connectivity index (χ2v) is 6.41. The maximum absolute atomic E-state index is 12.9. The SMILES string of the molecule is COC1=C(c2ccccc2)CC(Cl)(C(=O)c2ccc(N)cc2)C=C1. The molecule has 0 radical (unpaired) electrons. The first kappa shape index (κ1) is 16.3. The molecule has 0 amide bonds. The van der Waals surface area contributed by atoms with Crippen LogP contribution in [0.15, 0.2) is 72.5 Å². The number of ketones is 1. The van der Waals surface area contributed by atoms with E-state index in [2.05, 4.69) is 0 Å². The van der Waals surface area contributed by atoms with E-state index in [1.165, 1.54) is 0 Å². The summed E-state index contributed by atoms with van der Waals surface area (Å²) in [5.74, 6) is 0.576. The van der Waals surface area contributed by atoms with Crippen LogP contribution in [0.25, 0.3) is 5.57 Å². The van der Waals surface area contributed by atoms with Gasteiger partial charge >= 0.3 is 0 Å². The zero-order valence-electron chi connectivity index (χ0n) is 13.3. The molecule has 2 aromatic carbocycles. The highest BCUT2D eigenvalue weighted by atomic mass is 35.5. The van der Waals surface area contributed by atoms with Gasteiger partial charge in [0.05, 0.1) is 7.11 Å². The summed E-state index contributed by atoms with van der Waals surface area (Å²) < 4.78 is 5.46. The predicted molar refractivity (Wildman–Crippen MR) is 97.9 cm³/mol. The number of hydrogen-bond donors (Lipinski definition) is 1. The lowest BCUT2D eigenvalue weighted by Crippen LogP contribution is -2.32. The molecule has 0 bridgehead atoms. The third-order valence-electron chi connectivity index (χ3n) is 4.12. The van der Waals surface area contributed by atoms with E-state index >= 15 is 0 Å². The lowest BCUT2D eigenvalue weighted by Gasteiger charge is -2.28. The summed E-state index contributed by atoms with van der Waals surface area (Å²) >= 11 is 6.71. The number of rotatable bonds is 4. The van der Waals surface area contributed by atoms with Gasteiger partial charge in [0.2, 0.25) is 0 Å². The zero-order valence-corrected chi connectivity index (χ0v) is 14.1. The maximum atomic E-state index is 12.9. The van der Waals surface area contributed by atoms with Gasteiger partial charge in [0.15, 0.2) is 5.78 Å². The Labute approximate surface area is 146 Å². The van der Waals surface area contributed by atoms with Crippen molar-refractivity contribution in [1.82, 2.24) is 0 Å². The van der Waals surface area contributed by atoms with Gasteiger partial charge in [-0.1, -0.05) is 36.4 Å². The number of carbonyl (C=O) groups excluding carboxylic acids is 1. The summed E-state index contributed by atoms with van der Waals surface area (Å²) in [4.78, 5) is 11.8. The standard InChI is InChI=1S/C20H18ClNO2/c1-24-18-11-12-20(21,13-17(18)14-5-3-2-4-6-14)19(23)15-7-9-16(22)10-8-15/h2-12H,13,22H2,1H3. The second-order valence-electron chi connectivity index (χ2n) is 5.74. The first-order valence-electron chi connectivity index (χ1n) is 7.64. The van der Waals surface area contributed by atoms with Gasteiger partial charge in [-0.3, -0.25) is 4.79 Å². The van der Waals surface area contributed by atoms with Crippen molar-refractivity contribution in [2.45, 2.75) is 11.3 Å². The van der Waals surface area contributed by atoms with Crippen LogP contribution in [0.3, 0.4) is 0 Å². The molecule has 1 atom stereocenters. The van der Waals surface area contributed by atoms with E-state index in [0.717, 1.165) is 16.9 Å². The van der Waals surface area contributed by atoms with Gasteiger partial charge in [0.25, 0.3) is 0 Å². The molecule has 3 rings (SSSR count). The van der Waals surface area contributed by atoms with Crippen molar-refractivity contribution < 1.29 is 9.53 Å². The first-order valence-corrected chi connectivity index (χ1v) is 8.02. The van der Waals surface area contributed by atoms with E-state index in [0.29, 0.717) is 17.7 Å². The molecule has 0 saturated heterocycles. The summed E-state index contributed by atoms with van der Waals surface area (Å²) in [7, 11) is 1.62. The van der Waals surface area contributed by atoms with E-state index < -0.39 is 4.87 Å². The molecule has 2 N–H and O–H groups in total. The van der Waals surface area contributed by atoms with Crippen LogP contribution in [0, 0.1) is 0 Å². The number of benzene rings is 2. The molecule has 24 heavy (non-hydrogen) atoms. The average Bonchev–Trinajstić information content (AvgIpc) is 2.62. The number of anilines is 1. The largest absolute Gasteiger partial charge is 0.496 e. The molecule has 1 aliphatic carbocycles. The fourth-order valence-electron chi connectivity index (χ4n) is 2.82. The Bertz CT molecular complexity index is 809. The molecule has 0 aliphatic heterocycles. The summed E-state index contributed by atoms with van der Waals surface area (Å²) in [6, 6.07) is 16.6. The van der Waals surface area contributed by atoms with E-state index in [1.807, 2.05) is 30.3 Å². The Morgan fingerprint density at radius 1 is 1.12 bits per heavy atom. The number of nitrogen functional groups attached to an aromatic ring is 1. The van der Waals surface area contributed by atoms with E-state index in [1.54, 1.807) is 43.5 Å². The number of nitrogens with two attached hydrogens (primary N) is 1. The number of halogens is 1. The quantitative estimate of drug-likeness (QED) is 0.508. The van der Waals surface area contributed by atoms with Gasteiger partial charge in [-0.2, -0.15) is 0 Å². The molecule has 0 fully saturated rings. The van der Waals surface area contributed by atoms with Crippen LogP contribution in [-0.2, 0) is 4.74 Å². The monoisotopic (exact) mass is 339 g/mol. The van der Waals surface area contributed by atoms with Gasteiger partial charge in [-0.15, -0.1) is 11.6 Å². The smallest absolute Gasteiger partial charge is 0.187 e. The van der Waals surface area contributed by atoms with Gasteiger partial charge in [0, 0.05) is 23.2 Å². The lowest BCUT2D eigenvalue weighted by molar-refractivity contribution is 0.0960. The Kier molecular flexibility index (Phi) is 4.45. The van der Waals surface area contributed by atoms with Crippen molar-refractivity contribution >= 4 is 28.6 Å². The molecular weight excluding hydrogens is 322 g/mol. The summed E-state index contributed by atoms with van der Waals surface area (Å²) in [6.07, 6.45) is 3.84. The molecule has 0 heterocycles. The van der Waals surface area contributed by atoms with Crippen LogP contribution in [0.1, 0.15) is 22.3 Å².